The van der Waals surface area contributed by atoms with Gasteiger partial charge in [0.1, 0.15) is 5.69 Å². The van der Waals surface area contributed by atoms with Gasteiger partial charge in [-0.1, -0.05) is 0 Å². The number of aromatic hydroxyl groups is 1. The van der Waals surface area contributed by atoms with E-state index in [4.69, 9.17) is 0 Å². The van der Waals surface area contributed by atoms with E-state index < -0.39 is 48.1 Å². The summed E-state index contributed by atoms with van der Waals surface area (Å²) in [6, 6.07) is 0.548. The van der Waals surface area contributed by atoms with Crippen LogP contribution in [0.4, 0.5) is 22.0 Å². The number of halogens is 5. The molecule has 0 aliphatic carbocycles. The van der Waals surface area contributed by atoms with Crippen LogP contribution in [0, 0.1) is 0 Å². The average Bonchev–Trinajstić information content (AvgIpc) is 2.30. The Morgan fingerprint density at radius 2 is 2.05 bits per heavy atom. The lowest BCUT2D eigenvalue weighted by molar-refractivity contribution is -0.276. The minimum Gasteiger partial charge on any atom is -0.503 e. The Labute approximate surface area is 108 Å². The molecule has 0 spiro atoms. The van der Waals surface area contributed by atoms with Crippen molar-refractivity contribution in [3.63, 3.8) is 0 Å². The van der Waals surface area contributed by atoms with Crippen molar-refractivity contribution in [2.24, 2.45) is 0 Å². The van der Waals surface area contributed by atoms with Crippen LogP contribution in [0.3, 0.4) is 0 Å². The van der Waals surface area contributed by atoms with Crippen molar-refractivity contribution in [1.82, 2.24) is 4.98 Å². The number of rotatable bonds is 4. The molecule has 5 nitrogen and oxygen atoms in total. The highest BCUT2D eigenvalue weighted by Gasteiger charge is 2.34. The molecule has 1 N–H and O–H groups in total. The second-order valence-corrected chi connectivity index (χ2v) is 3.46. The summed E-state index contributed by atoms with van der Waals surface area (Å²) in [6.07, 6.45) is -9.14. The van der Waals surface area contributed by atoms with Crippen molar-refractivity contribution in [2.45, 2.75) is 19.2 Å². The van der Waals surface area contributed by atoms with Crippen LogP contribution < -0.4 is 4.74 Å². The first-order valence-electron chi connectivity index (χ1n) is 4.97. The van der Waals surface area contributed by atoms with Gasteiger partial charge in [0.05, 0.1) is 13.5 Å². The molecular weight excluding hydrogens is 293 g/mol. The predicted octanol–water partition coefficient (Wildman–Crippen LogP) is 2.34. The molecule has 0 bridgehead atoms. The van der Waals surface area contributed by atoms with Gasteiger partial charge in [-0.05, 0) is 11.6 Å². The molecular formula is C10H8F5NO4. The van der Waals surface area contributed by atoms with Crippen LogP contribution in [0.25, 0.3) is 0 Å². The molecule has 0 radical (unpaired) electrons. The smallest absolute Gasteiger partial charge is 0.503 e. The lowest BCUT2D eigenvalue weighted by Crippen LogP contribution is -2.19. The molecule has 0 saturated carbocycles. The van der Waals surface area contributed by atoms with Crippen LogP contribution in [0.2, 0.25) is 0 Å². The first-order chi connectivity index (χ1) is 9.14. The van der Waals surface area contributed by atoms with Gasteiger partial charge in [-0.15, -0.1) is 13.2 Å². The van der Waals surface area contributed by atoms with Crippen LogP contribution in [-0.4, -0.2) is 29.5 Å². The van der Waals surface area contributed by atoms with Gasteiger partial charge in [-0.2, -0.15) is 0 Å². The number of pyridine rings is 1. The lowest BCUT2D eigenvalue weighted by atomic mass is 10.1. The third-order valence-corrected chi connectivity index (χ3v) is 2.06. The summed E-state index contributed by atoms with van der Waals surface area (Å²) in [5, 5.41) is 9.26. The topological polar surface area (TPSA) is 68.7 Å². The van der Waals surface area contributed by atoms with Crippen LogP contribution in [0.5, 0.6) is 11.6 Å². The number of methoxy groups -OCH3 is 1. The van der Waals surface area contributed by atoms with Gasteiger partial charge in [-0.25, -0.2) is 13.8 Å². The van der Waals surface area contributed by atoms with Gasteiger partial charge in [0.25, 0.3) is 12.3 Å². The third-order valence-electron chi connectivity index (χ3n) is 2.06. The van der Waals surface area contributed by atoms with Gasteiger partial charge in [0.15, 0.2) is 5.75 Å². The Morgan fingerprint density at radius 3 is 2.50 bits per heavy atom. The lowest BCUT2D eigenvalue weighted by Gasteiger charge is -2.13. The minimum absolute atomic E-state index is 0.459. The molecule has 20 heavy (non-hydrogen) atoms. The number of esters is 1. The molecule has 0 aromatic carbocycles. The van der Waals surface area contributed by atoms with E-state index >= 15 is 0 Å². The quantitative estimate of drug-likeness (QED) is 0.683. The zero-order valence-electron chi connectivity index (χ0n) is 9.87. The molecule has 1 rings (SSSR count). The summed E-state index contributed by atoms with van der Waals surface area (Å²) >= 11 is 0. The number of ether oxygens (including phenoxy) is 2. The molecule has 0 fully saturated rings. The summed E-state index contributed by atoms with van der Waals surface area (Å²) < 4.78 is 68.9. The number of nitrogens with zero attached hydrogens (tertiary/aromatic N) is 1. The summed E-state index contributed by atoms with van der Waals surface area (Å²) in [5.74, 6) is -3.45. The van der Waals surface area contributed by atoms with E-state index in [2.05, 4.69) is 14.5 Å². The number of aromatic nitrogens is 1. The fourth-order valence-corrected chi connectivity index (χ4v) is 1.28. The molecule has 1 aromatic heterocycles. The summed E-state index contributed by atoms with van der Waals surface area (Å²) in [7, 11) is 0.999. The van der Waals surface area contributed by atoms with Crippen molar-refractivity contribution in [2.75, 3.05) is 7.11 Å². The molecule has 1 aromatic rings. The van der Waals surface area contributed by atoms with Gasteiger partial charge < -0.3 is 14.6 Å². The van der Waals surface area contributed by atoms with E-state index in [-0.39, 0.29) is 0 Å². The number of hydrogen-bond acceptors (Lipinski definition) is 5. The maximum absolute atomic E-state index is 12.7. The number of carbonyl (C=O) groups is 1. The van der Waals surface area contributed by atoms with Gasteiger partial charge >= 0.3 is 12.3 Å². The molecule has 0 saturated heterocycles. The number of carbonyl (C=O) groups excluding carboxylic acids is 1. The molecule has 0 amide bonds. The Hall–Kier alpha value is -2.13. The van der Waals surface area contributed by atoms with Crippen molar-refractivity contribution in [1.29, 1.82) is 0 Å². The number of hydrogen-bond donors (Lipinski definition) is 1. The highest BCUT2D eigenvalue weighted by Crippen LogP contribution is 2.34. The van der Waals surface area contributed by atoms with Crippen LogP contribution in [0.15, 0.2) is 6.07 Å². The zero-order chi connectivity index (χ0) is 15.5. The van der Waals surface area contributed by atoms with Gasteiger partial charge in [0.2, 0.25) is 0 Å². The second kappa shape index (κ2) is 5.88. The second-order valence-electron chi connectivity index (χ2n) is 3.46. The molecule has 0 unspecified atom stereocenters. The van der Waals surface area contributed by atoms with Crippen LogP contribution >= 0.6 is 0 Å². The van der Waals surface area contributed by atoms with Gasteiger partial charge in [-0.3, -0.25) is 4.79 Å². The Kier molecular flexibility index (Phi) is 4.69. The van der Waals surface area contributed by atoms with Crippen molar-refractivity contribution in [3.8, 4) is 11.6 Å². The van der Waals surface area contributed by atoms with E-state index in [1.807, 2.05) is 0 Å². The van der Waals surface area contributed by atoms with Crippen molar-refractivity contribution in [3.05, 3.63) is 17.3 Å². The maximum atomic E-state index is 12.7. The van der Waals surface area contributed by atoms with E-state index in [0.29, 0.717) is 6.07 Å². The highest BCUT2D eigenvalue weighted by molar-refractivity contribution is 5.73. The molecule has 0 atom stereocenters. The summed E-state index contributed by atoms with van der Waals surface area (Å²) in [4.78, 5) is 13.9. The normalized spacial score (nSPS) is 11.6. The van der Waals surface area contributed by atoms with Crippen molar-refractivity contribution >= 4 is 5.97 Å². The van der Waals surface area contributed by atoms with E-state index in [9.17, 15) is 31.9 Å². The highest BCUT2D eigenvalue weighted by atomic mass is 19.4. The molecule has 0 aliphatic rings. The van der Waals surface area contributed by atoms with Gasteiger partial charge in [0, 0.05) is 0 Å². The predicted molar refractivity (Wildman–Crippen MR) is 53.3 cm³/mol. The first kappa shape index (κ1) is 15.9. The molecule has 112 valence electrons. The molecule has 10 heteroatoms. The van der Waals surface area contributed by atoms with Crippen molar-refractivity contribution < 1.29 is 41.3 Å². The van der Waals surface area contributed by atoms with E-state index in [0.717, 1.165) is 7.11 Å². The maximum Gasteiger partial charge on any atom is 0.574 e. The average molecular weight is 301 g/mol. The Balaban J connectivity index is 3.21. The van der Waals surface area contributed by atoms with Crippen LogP contribution in [-0.2, 0) is 16.0 Å². The zero-order valence-corrected chi connectivity index (χ0v) is 9.87. The third kappa shape index (κ3) is 4.21. The van der Waals surface area contributed by atoms with E-state index in [1.54, 1.807) is 0 Å². The fraction of sp³-hybridized carbons (Fsp3) is 0.400. The summed E-state index contributed by atoms with van der Waals surface area (Å²) in [5.41, 5.74) is -1.56. The monoisotopic (exact) mass is 301 g/mol. The minimum atomic E-state index is -5.20. The SMILES string of the molecule is COC(=O)Cc1cc(O)c(OC(F)(F)F)nc1C(F)F. The number of alkyl halides is 5. The summed E-state index contributed by atoms with van der Waals surface area (Å²) in [6.45, 7) is 0. The van der Waals surface area contributed by atoms with E-state index in [1.165, 1.54) is 0 Å². The molecule has 1 heterocycles. The fourth-order valence-electron chi connectivity index (χ4n) is 1.28. The largest absolute Gasteiger partial charge is 0.574 e. The Morgan fingerprint density at radius 1 is 1.45 bits per heavy atom. The standard InChI is InChI=1S/C10H8F5NO4/c1-19-6(18)3-4-2-5(17)9(20-10(13,14)15)16-7(4)8(11)12/h2,8,17H,3H2,1H3. The Bertz CT molecular complexity index is 503. The first-order valence-corrected chi connectivity index (χ1v) is 4.97. The van der Waals surface area contributed by atoms with Crippen LogP contribution in [0.1, 0.15) is 17.7 Å². The molecule has 0 aliphatic heterocycles.